The molecule has 0 bridgehead atoms. The van der Waals surface area contributed by atoms with Crippen molar-refractivity contribution in [3.63, 3.8) is 0 Å². The average Bonchev–Trinajstić information content (AvgIpc) is 3.55. The van der Waals surface area contributed by atoms with Gasteiger partial charge in [-0.05, 0) is 68.9 Å². The molecule has 3 aromatic heterocycles. The summed E-state index contributed by atoms with van der Waals surface area (Å²) in [6.07, 6.45) is 1.05. The van der Waals surface area contributed by atoms with Crippen molar-refractivity contribution in [3.05, 3.63) is 54.4 Å². The third kappa shape index (κ3) is 6.28. The summed E-state index contributed by atoms with van der Waals surface area (Å²) in [4.78, 5) is 20.1. The van der Waals surface area contributed by atoms with E-state index in [4.69, 9.17) is 9.72 Å². The zero-order chi connectivity index (χ0) is 25.9. The van der Waals surface area contributed by atoms with Gasteiger partial charge < -0.3 is 20.5 Å². The molecule has 0 aliphatic carbocycles. The molecular formula is C25H30N8O3S. The number of benzene rings is 1. The maximum Gasteiger partial charge on any atom is 0.238 e. The first-order valence-corrected chi connectivity index (χ1v) is 12.9. The number of aliphatic hydroxyl groups excluding tert-OH is 1. The molecule has 4 N–H and O–H groups in total. The van der Waals surface area contributed by atoms with Gasteiger partial charge >= 0.3 is 0 Å². The van der Waals surface area contributed by atoms with Gasteiger partial charge in [0, 0.05) is 41.6 Å². The smallest absolute Gasteiger partial charge is 0.238 e. The Kier molecular flexibility index (Phi) is 7.42. The highest BCUT2D eigenvalue weighted by molar-refractivity contribution is 7.99. The number of rotatable bonds is 9. The molecule has 0 unspecified atom stereocenters. The Morgan fingerprint density at radius 3 is 2.81 bits per heavy atom. The van der Waals surface area contributed by atoms with E-state index < -0.39 is 6.10 Å². The lowest BCUT2D eigenvalue weighted by Gasteiger charge is -2.18. The van der Waals surface area contributed by atoms with E-state index in [1.165, 1.54) is 11.8 Å². The first-order chi connectivity index (χ1) is 17.8. The fraction of sp³-hybridized carbons (Fsp3) is 0.360. The molecule has 0 radical (unpaired) electrons. The molecule has 1 aliphatic rings. The van der Waals surface area contributed by atoms with E-state index in [1.54, 1.807) is 4.52 Å². The summed E-state index contributed by atoms with van der Waals surface area (Å²) in [5.41, 5.74) is 2.49. The summed E-state index contributed by atoms with van der Waals surface area (Å²) in [5.74, 6) is 1.20. The number of β-amino-alcohol motifs (C(OH)–C–C–N with tert-alkyl or cyclic N) is 1. The minimum absolute atomic E-state index is 0.0312. The molecule has 2 atom stereocenters. The standard InChI is InChI=1S/C25H30N8O3S/c1-15(2)36-21-13-32(12-20(21)34)14-23(35)26-17-6-8-18(9-7-17)37-25-28-24(19-5-4-10-33(19)31-25)27-22-11-16(3)29-30-22/h4-11,15,20-21,34H,12-14H2,1-3H3,(H,26,35)(H2,27,28,29,30,31)/t20-,21-/m0/s1. The van der Waals surface area contributed by atoms with Crippen LogP contribution in [0.15, 0.2) is 58.7 Å². The molecule has 37 heavy (non-hydrogen) atoms. The van der Waals surface area contributed by atoms with Crippen LogP contribution in [-0.2, 0) is 9.53 Å². The summed E-state index contributed by atoms with van der Waals surface area (Å²) < 4.78 is 7.50. The van der Waals surface area contributed by atoms with E-state index in [9.17, 15) is 9.90 Å². The first-order valence-electron chi connectivity index (χ1n) is 12.1. The van der Waals surface area contributed by atoms with Crippen LogP contribution < -0.4 is 10.6 Å². The summed E-state index contributed by atoms with van der Waals surface area (Å²) in [6, 6.07) is 13.3. The van der Waals surface area contributed by atoms with Crippen molar-refractivity contribution in [3.8, 4) is 0 Å². The zero-order valence-electron chi connectivity index (χ0n) is 20.9. The van der Waals surface area contributed by atoms with E-state index in [2.05, 4.69) is 25.9 Å². The largest absolute Gasteiger partial charge is 0.389 e. The molecule has 1 fully saturated rings. The van der Waals surface area contributed by atoms with Crippen molar-refractivity contribution >= 4 is 40.5 Å². The number of hydrogen-bond donors (Lipinski definition) is 4. The second-order valence-corrected chi connectivity index (χ2v) is 10.3. The van der Waals surface area contributed by atoms with Crippen molar-refractivity contribution in [1.29, 1.82) is 0 Å². The number of aryl methyl sites for hydroxylation is 1. The van der Waals surface area contributed by atoms with Gasteiger partial charge in [-0.25, -0.2) is 9.50 Å². The second-order valence-electron chi connectivity index (χ2n) is 9.30. The Hall–Kier alpha value is -3.45. The maximum absolute atomic E-state index is 12.6. The predicted octanol–water partition coefficient (Wildman–Crippen LogP) is 3.06. The van der Waals surface area contributed by atoms with Crippen LogP contribution >= 0.6 is 11.8 Å². The number of nitrogens with one attached hydrogen (secondary N) is 3. The molecule has 1 aliphatic heterocycles. The molecule has 0 spiro atoms. The Balaban J connectivity index is 1.20. The predicted molar refractivity (Wildman–Crippen MR) is 141 cm³/mol. The van der Waals surface area contributed by atoms with Crippen LogP contribution in [0.4, 0.5) is 17.3 Å². The fourth-order valence-electron chi connectivity index (χ4n) is 4.21. The molecule has 1 saturated heterocycles. The van der Waals surface area contributed by atoms with E-state index in [0.717, 1.165) is 16.1 Å². The molecule has 11 nitrogen and oxygen atoms in total. The Bertz CT molecular complexity index is 1370. The van der Waals surface area contributed by atoms with Crippen LogP contribution in [0.25, 0.3) is 5.52 Å². The summed E-state index contributed by atoms with van der Waals surface area (Å²) in [6.45, 7) is 6.96. The monoisotopic (exact) mass is 522 g/mol. The Morgan fingerprint density at radius 1 is 1.27 bits per heavy atom. The third-order valence-electron chi connectivity index (χ3n) is 5.80. The van der Waals surface area contributed by atoms with Crippen LogP contribution in [0, 0.1) is 6.92 Å². The maximum atomic E-state index is 12.6. The van der Waals surface area contributed by atoms with Gasteiger partial charge in [0.05, 0.1) is 24.9 Å². The number of nitrogens with zero attached hydrogens (tertiary/aromatic N) is 5. The van der Waals surface area contributed by atoms with Crippen LogP contribution in [0.1, 0.15) is 19.5 Å². The average molecular weight is 523 g/mol. The SMILES string of the molecule is Cc1cc(Nc2nc(Sc3ccc(NC(=O)CN4C[C@H](OC(C)C)[C@@H](O)C4)cc3)nn3cccc23)n[nH]1. The van der Waals surface area contributed by atoms with Gasteiger partial charge in [-0.15, -0.1) is 5.10 Å². The molecule has 4 aromatic rings. The van der Waals surface area contributed by atoms with Gasteiger partial charge in [-0.3, -0.25) is 14.8 Å². The highest BCUT2D eigenvalue weighted by atomic mass is 32.2. The lowest BCUT2D eigenvalue weighted by molar-refractivity contribution is -0.117. The van der Waals surface area contributed by atoms with Gasteiger partial charge in [0.25, 0.3) is 0 Å². The highest BCUT2D eigenvalue weighted by Crippen LogP contribution is 2.29. The fourth-order valence-corrected chi connectivity index (χ4v) is 4.96. The number of aromatic nitrogens is 5. The number of H-pyrrole nitrogens is 1. The minimum atomic E-state index is -0.585. The molecule has 1 amide bonds. The topological polar surface area (TPSA) is 133 Å². The molecule has 1 aromatic carbocycles. The van der Waals surface area contributed by atoms with Crippen molar-refractivity contribution < 1.29 is 14.6 Å². The second kappa shape index (κ2) is 10.9. The van der Waals surface area contributed by atoms with E-state index >= 15 is 0 Å². The van der Waals surface area contributed by atoms with E-state index in [-0.39, 0.29) is 24.7 Å². The molecule has 5 rings (SSSR count). The number of amides is 1. The normalized spacial score (nSPS) is 18.1. The molecule has 4 heterocycles. The van der Waals surface area contributed by atoms with Crippen LogP contribution in [0.2, 0.25) is 0 Å². The number of ether oxygens (including phenoxy) is 1. The van der Waals surface area contributed by atoms with Gasteiger partial charge in [-0.1, -0.05) is 0 Å². The van der Waals surface area contributed by atoms with E-state index in [0.29, 0.717) is 35.6 Å². The van der Waals surface area contributed by atoms with E-state index in [1.807, 2.05) is 74.3 Å². The summed E-state index contributed by atoms with van der Waals surface area (Å²) in [7, 11) is 0. The van der Waals surface area contributed by atoms with Crippen molar-refractivity contribution in [2.75, 3.05) is 30.3 Å². The lowest BCUT2D eigenvalue weighted by atomic mass is 10.2. The number of likely N-dealkylation sites (tertiary alicyclic amines) is 1. The lowest BCUT2D eigenvalue weighted by Crippen LogP contribution is -2.33. The van der Waals surface area contributed by atoms with Gasteiger partial charge in [0.2, 0.25) is 11.1 Å². The van der Waals surface area contributed by atoms with Crippen LogP contribution in [0.3, 0.4) is 0 Å². The number of carbonyl (C=O) groups excluding carboxylic acids is 1. The molecule has 194 valence electrons. The quantitative estimate of drug-likeness (QED) is 0.262. The Labute approximate surface area is 218 Å². The highest BCUT2D eigenvalue weighted by Gasteiger charge is 2.33. The number of carbonyl (C=O) groups is 1. The number of aliphatic hydroxyl groups is 1. The number of hydrogen-bond acceptors (Lipinski definition) is 9. The third-order valence-corrected chi connectivity index (χ3v) is 6.66. The van der Waals surface area contributed by atoms with Crippen molar-refractivity contribution in [2.45, 2.75) is 49.1 Å². The zero-order valence-corrected chi connectivity index (χ0v) is 21.7. The van der Waals surface area contributed by atoms with Crippen molar-refractivity contribution in [1.82, 2.24) is 29.7 Å². The van der Waals surface area contributed by atoms with Gasteiger partial charge in [0.1, 0.15) is 5.52 Å². The van der Waals surface area contributed by atoms with Crippen LogP contribution in [0.5, 0.6) is 0 Å². The number of fused-ring (bicyclic) bond motifs is 1. The molecular weight excluding hydrogens is 492 g/mol. The minimum Gasteiger partial charge on any atom is -0.389 e. The first kappa shape index (κ1) is 25.2. The Morgan fingerprint density at radius 2 is 2.08 bits per heavy atom. The number of anilines is 3. The summed E-state index contributed by atoms with van der Waals surface area (Å²) >= 11 is 1.42. The van der Waals surface area contributed by atoms with Gasteiger partial charge in [-0.2, -0.15) is 5.10 Å². The molecule has 12 heteroatoms. The van der Waals surface area contributed by atoms with Crippen LogP contribution in [-0.4, -0.2) is 78.7 Å². The number of aromatic amines is 1. The molecule has 0 saturated carbocycles. The van der Waals surface area contributed by atoms with Crippen molar-refractivity contribution in [2.24, 2.45) is 0 Å². The van der Waals surface area contributed by atoms with Gasteiger partial charge in [0.15, 0.2) is 11.6 Å². The summed E-state index contributed by atoms with van der Waals surface area (Å²) in [5, 5.41) is 28.7.